The number of hydrogen-bond donors (Lipinski definition) is 1. The predicted molar refractivity (Wildman–Crippen MR) is 62.8 cm³/mol. The summed E-state index contributed by atoms with van der Waals surface area (Å²) in [7, 11) is 0. The summed E-state index contributed by atoms with van der Waals surface area (Å²) in [4.78, 5) is 25.5. The van der Waals surface area contributed by atoms with Crippen LogP contribution < -0.4 is 0 Å². The molecule has 3 rings (SSSR count). The predicted octanol–water partition coefficient (Wildman–Crippen LogP) is 0.651. The molecule has 2 fully saturated rings. The summed E-state index contributed by atoms with van der Waals surface area (Å²) in [6, 6.07) is 0.128. The molecule has 5 atom stereocenters. The molecule has 98 valence electrons. The zero-order valence-electron chi connectivity index (χ0n) is 10.5. The quantitative estimate of drug-likeness (QED) is 0.748. The fraction of sp³-hybridized carbons (Fsp3) is 0.692. The van der Waals surface area contributed by atoms with Crippen molar-refractivity contribution in [2.75, 3.05) is 6.54 Å². The molecule has 0 radical (unpaired) electrons. The summed E-state index contributed by atoms with van der Waals surface area (Å²) < 4.78 is 5.80. The molecule has 0 aromatic carbocycles. The number of rotatable bonds is 3. The summed E-state index contributed by atoms with van der Waals surface area (Å²) in [6.45, 7) is 4.50. The number of carboxylic acids is 1. The van der Waals surface area contributed by atoms with Gasteiger partial charge in [-0.15, -0.1) is 0 Å². The van der Waals surface area contributed by atoms with Gasteiger partial charge in [0.1, 0.15) is 11.5 Å². The van der Waals surface area contributed by atoms with E-state index >= 15 is 0 Å². The van der Waals surface area contributed by atoms with Crippen molar-refractivity contribution in [3.05, 3.63) is 12.2 Å². The van der Waals surface area contributed by atoms with Crippen LogP contribution in [0, 0.1) is 11.8 Å². The van der Waals surface area contributed by atoms with Crippen LogP contribution in [0.5, 0.6) is 0 Å². The second-order valence-corrected chi connectivity index (χ2v) is 5.46. The second-order valence-electron chi connectivity index (χ2n) is 5.46. The van der Waals surface area contributed by atoms with Gasteiger partial charge in [0.05, 0.1) is 18.6 Å². The standard InChI is InChI=1S/C13H17NO4/c1-3-7(2)14-6-13-5-4-8(18-13)9(12(16)17)10(13)11(14)15/h4-5,7-10H,3,6H2,1-2H3,(H,16,17)/t7-,8+,9+,10-,13-/m1/s1. The first-order chi connectivity index (χ1) is 8.50. The van der Waals surface area contributed by atoms with Gasteiger partial charge in [-0.3, -0.25) is 9.59 Å². The van der Waals surface area contributed by atoms with Crippen molar-refractivity contribution in [2.45, 2.75) is 38.0 Å². The molecule has 0 unspecified atom stereocenters. The van der Waals surface area contributed by atoms with Crippen LogP contribution in [0.1, 0.15) is 20.3 Å². The first kappa shape index (κ1) is 11.7. The number of amides is 1. The largest absolute Gasteiger partial charge is 0.481 e. The zero-order chi connectivity index (χ0) is 13.1. The van der Waals surface area contributed by atoms with Gasteiger partial charge >= 0.3 is 5.97 Å². The Bertz CT molecular complexity index is 446. The van der Waals surface area contributed by atoms with E-state index in [1.165, 1.54) is 0 Å². The molecule has 3 aliphatic rings. The minimum absolute atomic E-state index is 0.0661. The Morgan fingerprint density at radius 2 is 2.44 bits per heavy atom. The van der Waals surface area contributed by atoms with Gasteiger partial charge in [-0.2, -0.15) is 0 Å². The zero-order valence-corrected chi connectivity index (χ0v) is 10.5. The lowest BCUT2D eigenvalue weighted by Gasteiger charge is -2.26. The van der Waals surface area contributed by atoms with Gasteiger partial charge in [0.2, 0.25) is 5.91 Å². The van der Waals surface area contributed by atoms with Gasteiger partial charge in [-0.1, -0.05) is 19.1 Å². The van der Waals surface area contributed by atoms with Crippen molar-refractivity contribution < 1.29 is 19.4 Å². The SMILES string of the molecule is CC[C@@H](C)N1C[C@@]23C=C[C@H](O2)[C@H](C(=O)O)[C@@H]3C1=O. The van der Waals surface area contributed by atoms with E-state index in [9.17, 15) is 14.7 Å². The third kappa shape index (κ3) is 1.25. The summed E-state index contributed by atoms with van der Waals surface area (Å²) in [5.74, 6) is -2.27. The van der Waals surface area contributed by atoms with Crippen LogP contribution in [0.25, 0.3) is 0 Å². The number of fused-ring (bicyclic) bond motifs is 1. The fourth-order valence-corrected chi connectivity index (χ4v) is 3.40. The molecule has 18 heavy (non-hydrogen) atoms. The Morgan fingerprint density at radius 3 is 3.06 bits per heavy atom. The number of ether oxygens (including phenoxy) is 1. The number of aliphatic carboxylic acids is 1. The van der Waals surface area contributed by atoms with E-state index in [0.29, 0.717) is 6.54 Å². The highest BCUT2D eigenvalue weighted by Gasteiger charge is 2.67. The van der Waals surface area contributed by atoms with Crippen molar-refractivity contribution in [1.29, 1.82) is 0 Å². The first-order valence-electron chi connectivity index (χ1n) is 6.40. The number of carboxylic acid groups (broad SMARTS) is 1. The number of carbonyl (C=O) groups is 2. The third-order valence-electron chi connectivity index (χ3n) is 4.54. The number of carbonyl (C=O) groups excluding carboxylic acids is 1. The summed E-state index contributed by atoms with van der Waals surface area (Å²) in [6.07, 6.45) is 4.11. The van der Waals surface area contributed by atoms with Crippen molar-refractivity contribution >= 4 is 11.9 Å². The normalized spacial score (nSPS) is 42.4. The van der Waals surface area contributed by atoms with E-state index in [-0.39, 0.29) is 11.9 Å². The lowest BCUT2D eigenvalue weighted by Crippen LogP contribution is -2.40. The van der Waals surface area contributed by atoms with Crippen LogP contribution >= 0.6 is 0 Å². The van der Waals surface area contributed by atoms with Crippen LogP contribution in [-0.4, -0.2) is 46.2 Å². The molecular weight excluding hydrogens is 234 g/mol. The van der Waals surface area contributed by atoms with Gasteiger partial charge < -0.3 is 14.7 Å². The maximum Gasteiger partial charge on any atom is 0.310 e. The molecule has 2 bridgehead atoms. The molecule has 2 saturated heterocycles. The molecule has 5 heteroatoms. The van der Waals surface area contributed by atoms with E-state index < -0.39 is 29.5 Å². The molecule has 1 spiro atoms. The van der Waals surface area contributed by atoms with E-state index in [1.807, 2.05) is 19.9 Å². The van der Waals surface area contributed by atoms with Crippen molar-refractivity contribution in [3.8, 4) is 0 Å². The topological polar surface area (TPSA) is 66.8 Å². The van der Waals surface area contributed by atoms with E-state index in [2.05, 4.69) is 0 Å². The van der Waals surface area contributed by atoms with E-state index in [1.54, 1.807) is 11.0 Å². The van der Waals surface area contributed by atoms with E-state index in [4.69, 9.17) is 4.74 Å². The number of likely N-dealkylation sites (tertiary alicyclic amines) is 1. The van der Waals surface area contributed by atoms with Crippen LogP contribution in [0.3, 0.4) is 0 Å². The van der Waals surface area contributed by atoms with E-state index in [0.717, 1.165) is 6.42 Å². The lowest BCUT2D eigenvalue weighted by atomic mass is 9.77. The molecule has 1 amide bonds. The molecule has 1 N–H and O–H groups in total. The van der Waals surface area contributed by atoms with Gasteiger partial charge in [-0.05, 0) is 13.3 Å². The molecule has 5 nitrogen and oxygen atoms in total. The van der Waals surface area contributed by atoms with Crippen molar-refractivity contribution in [1.82, 2.24) is 4.90 Å². The highest BCUT2D eigenvalue weighted by Crippen LogP contribution is 2.52. The Hall–Kier alpha value is -1.36. The maximum atomic E-state index is 12.4. The molecular formula is C13H17NO4. The van der Waals surface area contributed by atoms with Crippen molar-refractivity contribution in [2.24, 2.45) is 11.8 Å². The lowest BCUT2D eigenvalue weighted by molar-refractivity contribution is -0.148. The fourth-order valence-electron chi connectivity index (χ4n) is 3.40. The Balaban J connectivity index is 1.97. The Kier molecular flexibility index (Phi) is 2.32. The second kappa shape index (κ2) is 3.57. The number of nitrogens with zero attached hydrogens (tertiary/aromatic N) is 1. The molecule has 3 aliphatic heterocycles. The van der Waals surface area contributed by atoms with Crippen LogP contribution in [-0.2, 0) is 14.3 Å². The summed E-state index contributed by atoms with van der Waals surface area (Å²) >= 11 is 0. The summed E-state index contributed by atoms with van der Waals surface area (Å²) in [5.41, 5.74) is -0.686. The average Bonchev–Trinajstić information content (AvgIpc) is 2.96. The monoisotopic (exact) mass is 251 g/mol. The molecule has 0 aromatic heterocycles. The first-order valence-corrected chi connectivity index (χ1v) is 6.40. The minimum Gasteiger partial charge on any atom is -0.481 e. The average molecular weight is 251 g/mol. The molecule has 3 heterocycles. The van der Waals surface area contributed by atoms with Crippen LogP contribution in [0.15, 0.2) is 12.2 Å². The highest BCUT2D eigenvalue weighted by atomic mass is 16.5. The maximum absolute atomic E-state index is 12.4. The Morgan fingerprint density at radius 1 is 1.72 bits per heavy atom. The van der Waals surface area contributed by atoms with Gasteiger partial charge in [0.25, 0.3) is 0 Å². The van der Waals surface area contributed by atoms with Crippen LogP contribution in [0.2, 0.25) is 0 Å². The van der Waals surface area contributed by atoms with Crippen LogP contribution in [0.4, 0.5) is 0 Å². The number of hydrogen-bond acceptors (Lipinski definition) is 3. The Labute approximate surface area is 105 Å². The van der Waals surface area contributed by atoms with Crippen molar-refractivity contribution in [3.63, 3.8) is 0 Å². The molecule has 0 aromatic rings. The highest BCUT2D eigenvalue weighted by molar-refractivity contribution is 5.90. The minimum atomic E-state index is -0.935. The van der Waals surface area contributed by atoms with Gasteiger partial charge in [0.15, 0.2) is 0 Å². The third-order valence-corrected chi connectivity index (χ3v) is 4.54. The van der Waals surface area contributed by atoms with Gasteiger partial charge in [0, 0.05) is 6.04 Å². The smallest absolute Gasteiger partial charge is 0.310 e. The molecule has 0 aliphatic carbocycles. The molecule has 0 saturated carbocycles. The van der Waals surface area contributed by atoms with Gasteiger partial charge in [-0.25, -0.2) is 0 Å². The summed E-state index contributed by atoms with van der Waals surface area (Å²) in [5, 5.41) is 9.29.